The maximum Gasteiger partial charge on any atom is 0.241 e. The highest BCUT2D eigenvalue weighted by molar-refractivity contribution is 7.91. The van der Waals surface area contributed by atoms with Crippen LogP contribution in [-0.4, -0.2) is 28.0 Å². The number of aliphatic hydroxyl groups is 1. The monoisotopic (exact) mass is 477 g/mol. The van der Waals surface area contributed by atoms with Gasteiger partial charge < -0.3 is 5.11 Å². The molecule has 0 saturated carbocycles. The van der Waals surface area contributed by atoms with Crippen molar-refractivity contribution < 1.29 is 26.3 Å². The average molecular weight is 478 g/mol. The second-order valence-corrected chi connectivity index (χ2v) is 11.0. The van der Waals surface area contributed by atoms with Crippen molar-refractivity contribution >= 4 is 19.9 Å². The molecule has 0 saturated heterocycles. The lowest BCUT2D eigenvalue weighted by atomic mass is 10.0. The van der Waals surface area contributed by atoms with Gasteiger partial charge in [-0.25, -0.2) is 25.9 Å². The Bertz CT molecular complexity index is 1290. The first-order chi connectivity index (χ1) is 15.1. The lowest BCUT2D eigenvalue weighted by Crippen LogP contribution is -2.37. The molecule has 9 heteroatoms. The van der Waals surface area contributed by atoms with Crippen LogP contribution in [0.25, 0.3) is 0 Å². The summed E-state index contributed by atoms with van der Waals surface area (Å²) in [6, 6.07) is 15.9. The van der Waals surface area contributed by atoms with Gasteiger partial charge in [-0.15, -0.1) is 0 Å². The van der Waals surface area contributed by atoms with Crippen molar-refractivity contribution in [3.8, 4) is 0 Å². The van der Waals surface area contributed by atoms with Crippen LogP contribution >= 0.6 is 0 Å². The second kappa shape index (κ2) is 9.50. The molecule has 3 aromatic rings. The number of nitrogens with one attached hydrogen (secondary N) is 1. The fourth-order valence-corrected chi connectivity index (χ4v) is 6.25. The number of hydrogen-bond acceptors (Lipinski definition) is 5. The van der Waals surface area contributed by atoms with Gasteiger partial charge in [0, 0.05) is 6.04 Å². The molecule has 0 aliphatic rings. The van der Waals surface area contributed by atoms with Gasteiger partial charge in [0.2, 0.25) is 19.9 Å². The molecule has 0 radical (unpaired) electrons. The van der Waals surface area contributed by atoms with E-state index in [4.69, 9.17) is 0 Å². The first-order valence-electron chi connectivity index (χ1n) is 9.95. The number of sulfone groups is 1. The van der Waals surface area contributed by atoms with Gasteiger partial charge in [0.25, 0.3) is 0 Å². The Balaban J connectivity index is 1.98. The van der Waals surface area contributed by atoms with E-state index in [1.54, 1.807) is 37.3 Å². The van der Waals surface area contributed by atoms with E-state index in [1.165, 1.54) is 19.1 Å². The van der Waals surface area contributed by atoms with Gasteiger partial charge >= 0.3 is 0 Å². The van der Waals surface area contributed by atoms with Crippen LogP contribution in [0.5, 0.6) is 0 Å². The number of benzene rings is 3. The third-order valence-corrected chi connectivity index (χ3v) is 8.51. The van der Waals surface area contributed by atoms with E-state index >= 15 is 0 Å². The van der Waals surface area contributed by atoms with E-state index in [0.717, 1.165) is 30.3 Å². The second-order valence-electron chi connectivity index (χ2n) is 7.35. The van der Waals surface area contributed by atoms with Gasteiger partial charge in [0.05, 0.1) is 20.8 Å². The molecule has 32 heavy (non-hydrogen) atoms. The highest BCUT2D eigenvalue weighted by Crippen LogP contribution is 2.27. The van der Waals surface area contributed by atoms with Crippen molar-refractivity contribution in [1.82, 2.24) is 4.72 Å². The molecule has 0 amide bonds. The SMILES string of the molecule is CCc1ccc(S(=O)(=O)c2ccc(F)cc2)cc1S(=O)(=O)NC(C)C(O)c1ccccc1. The van der Waals surface area contributed by atoms with Crippen LogP contribution in [-0.2, 0) is 26.3 Å². The Kier molecular flexibility index (Phi) is 7.14. The fourth-order valence-electron chi connectivity index (χ4n) is 3.31. The largest absolute Gasteiger partial charge is 0.387 e. The van der Waals surface area contributed by atoms with E-state index in [-0.39, 0.29) is 14.7 Å². The van der Waals surface area contributed by atoms with E-state index in [9.17, 15) is 26.3 Å². The predicted molar refractivity (Wildman–Crippen MR) is 119 cm³/mol. The Hall–Kier alpha value is -2.59. The standard InChI is InChI=1S/C23H24FNO5S2/c1-3-17-9-12-21(31(27,28)20-13-10-19(24)11-14-20)15-22(17)32(29,30)25-16(2)23(26)18-7-5-4-6-8-18/h4-16,23,25-26H,3H2,1-2H3. The van der Waals surface area contributed by atoms with Crippen molar-refractivity contribution in [1.29, 1.82) is 0 Å². The molecule has 0 aliphatic heterocycles. The Labute approximate surface area is 187 Å². The normalized spacial score (nSPS) is 14.1. The molecule has 3 rings (SSSR count). The minimum atomic E-state index is -4.16. The quantitative estimate of drug-likeness (QED) is 0.483. The highest BCUT2D eigenvalue weighted by Gasteiger charge is 2.27. The summed E-state index contributed by atoms with van der Waals surface area (Å²) in [5, 5.41) is 10.5. The molecule has 0 aliphatic carbocycles. The first kappa shape index (κ1) is 24.1. The van der Waals surface area contributed by atoms with Crippen LogP contribution in [0.2, 0.25) is 0 Å². The molecule has 3 aromatic carbocycles. The summed E-state index contributed by atoms with van der Waals surface area (Å²) in [5.41, 5.74) is 0.975. The summed E-state index contributed by atoms with van der Waals surface area (Å²) in [6.45, 7) is 3.28. The van der Waals surface area contributed by atoms with Crippen molar-refractivity contribution in [3.05, 3.63) is 89.7 Å². The molecule has 0 heterocycles. The smallest absolute Gasteiger partial charge is 0.241 e. The van der Waals surface area contributed by atoms with Crippen molar-refractivity contribution in [2.45, 2.75) is 47.1 Å². The summed E-state index contributed by atoms with van der Waals surface area (Å²) < 4.78 is 67.9. The molecule has 2 atom stereocenters. The number of halogens is 1. The molecule has 0 fully saturated rings. The number of sulfonamides is 1. The van der Waals surface area contributed by atoms with Gasteiger partial charge in [-0.3, -0.25) is 0 Å². The first-order valence-corrected chi connectivity index (χ1v) is 12.9. The van der Waals surface area contributed by atoms with Crippen molar-refractivity contribution in [3.63, 3.8) is 0 Å². The zero-order valence-corrected chi connectivity index (χ0v) is 19.2. The number of aliphatic hydroxyl groups excluding tert-OH is 1. The Morgan fingerprint density at radius 3 is 2.09 bits per heavy atom. The van der Waals surface area contributed by atoms with Crippen molar-refractivity contribution in [2.24, 2.45) is 0 Å². The number of rotatable bonds is 8. The lowest BCUT2D eigenvalue weighted by molar-refractivity contribution is 0.146. The van der Waals surface area contributed by atoms with Crippen LogP contribution in [0, 0.1) is 5.82 Å². The lowest BCUT2D eigenvalue weighted by Gasteiger charge is -2.21. The zero-order chi connectivity index (χ0) is 23.5. The van der Waals surface area contributed by atoms with E-state index in [1.807, 2.05) is 0 Å². The molecule has 2 N–H and O–H groups in total. The molecular weight excluding hydrogens is 453 g/mol. The van der Waals surface area contributed by atoms with Gasteiger partial charge in [-0.05, 0) is 60.9 Å². The Morgan fingerprint density at radius 1 is 0.906 bits per heavy atom. The number of hydrogen-bond donors (Lipinski definition) is 2. The molecule has 6 nitrogen and oxygen atoms in total. The van der Waals surface area contributed by atoms with Gasteiger partial charge in [0.1, 0.15) is 5.82 Å². The molecule has 170 valence electrons. The predicted octanol–water partition coefficient (Wildman–Crippen LogP) is 3.62. The summed E-state index contributed by atoms with van der Waals surface area (Å²) in [4.78, 5) is -0.555. The fraction of sp³-hybridized carbons (Fsp3) is 0.217. The summed E-state index contributed by atoms with van der Waals surface area (Å²) in [6.07, 6.45) is -0.745. The van der Waals surface area contributed by atoms with Crippen LogP contribution in [0.1, 0.15) is 31.1 Å². The maximum absolute atomic E-state index is 13.2. The number of aryl methyl sites for hydroxylation is 1. The Morgan fingerprint density at radius 2 is 1.50 bits per heavy atom. The molecular formula is C23H24FNO5S2. The third kappa shape index (κ3) is 5.07. The van der Waals surface area contributed by atoms with Crippen LogP contribution in [0.4, 0.5) is 4.39 Å². The highest BCUT2D eigenvalue weighted by atomic mass is 32.2. The summed E-state index contributed by atoms with van der Waals surface area (Å²) >= 11 is 0. The minimum absolute atomic E-state index is 0.146. The average Bonchev–Trinajstić information content (AvgIpc) is 2.78. The molecule has 0 aromatic heterocycles. The van der Waals surface area contributed by atoms with E-state index in [0.29, 0.717) is 17.5 Å². The third-order valence-electron chi connectivity index (χ3n) is 5.10. The molecule has 0 bridgehead atoms. The van der Waals surface area contributed by atoms with E-state index in [2.05, 4.69) is 4.72 Å². The van der Waals surface area contributed by atoms with Gasteiger partial charge in [-0.2, -0.15) is 0 Å². The topological polar surface area (TPSA) is 101 Å². The van der Waals surface area contributed by atoms with Gasteiger partial charge in [-0.1, -0.05) is 43.3 Å². The zero-order valence-electron chi connectivity index (χ0n) is 17.6. The van der Waals surface area contributed by atoms with E-state index < -0.39 is 37.8 Å². The molecule has 0 spiro atoms. The molecule has 2 unspecified atom stereocenters. The maximum atomic E-state index is 13.2. The van der Waals surface area contributed by atoms with Crippen LogP contribution < -0.4 is 4.72 Å². The van der Waals surface area contributed by atoms with Crippen LogP contribution in [0.3, 0.4) is 0 Å². The summed E-state index contributed by atoms with van der Waals surface area (Å²) in [5.74, 6) is -0.580. The van der Waals surface area contributed by atoms with Crippen LogP contribution in [0.15, 0.2) is 87.5 Å². The summed E-state index contributed by atoms with van der Waals surface area (Å²) in [7, 11) is -8.22. The van der Waals surface area contributed by atoms with Gasteiger partial charge in [0.15, 0.2) is 0 Å². The minimum Gasteiger partial charge on any atom is -0.387 e. The van der Waals surface area contributed by atoms with Crippen molar-refractivity contribution in [2.75, 3.05) is 0 Å².